The van der Waals surface area contributed by atoms with Crippen LogP contribution >= 0.6 is 0 Å². The molecule has 1 aromatic rings. The second kappa shape index (κ2) is 8.60. The Kier molecular flexibility index (Phi) is 6.17. The van der Waals surface area contributed by atoms with E-state index in [1.165, 1.54) is 61.9 Å². The first-order valence-corrected chi connectivity index (χ1v) is 10.8. The fourth-order valence-electron chi connectivity index (χ4n) is 5.19. The van der Waals surface area contributed by atoms with E-state index < -0.39 is 0 Å². The summed E-state index contributed by atoms with van der Waals surface area (Å²) in [6.07, 6.45) is 8.70. The van der Waals surface area contributed by atoms with Crippen molar-refractivity contribution >= 4 is 0 Å². The third-order valence-electron chi connectivity index (χ3n) is 6.76. The molecule has 0 radical (unpaired) electrons. The van der Waals surface area contributed by atoms with Crippen LogP contribution in [0.15, 0.2) is 0 Å². The molecule has 0 bridgehead atoms. The zero-order valence-electron chi connectivity index (χ0n) is 17.1. The molecule has 1 aliphatic carbocycles. The van der Waals surface area contributed by atoms with Crippen molar-refractivity contribution in [2.45, 2.75) is 76.2 Å². The number of hydrogen-bond donors (Lipinski definition) is 1. The summed E-state index contributed by atoms with van der Waals surface area (Å²) in [5, 5.41) is 8.26. The molecule has 1 aromatic heterocycles. The average molecular weight is 377 g/mol. The van der Waals surface area contributed by atoms with Crippen LogP contribution in [-0.2, 0) is 29.2 Å². The zero-order valence-corrected chi connectivity index (χ0v) is 17.1. The summed E-state index contributed by atoms with van der Waals surface area (Å²) in [5.41, 5.74) is 4.29. The lowest BCUT2D eigenvalue weighted by Crippen LogP contribution is -2.39. The number of aromatic nitrogens is 2. The molecule has 6 nitrogen and oxygen atoms in total. The van der Waals surface area contributed by atoms with Gasteiger partial charge in [-0.3, -0.25) is 9.58 Å². The van der Waals surface area contributed by atoms with Gasteiger partial charge in [0.1, 0.15) is 0 Å². The van der Waals surface area contributed by atoms with Crippen LogP contribution < -0.4 is 5.32 Å². The molecular weight excluding hydrogens is 340 g/mol. The Morgan fingerprint density at radius 1 is 1.22 bits per heavy atom. The molecule has 1 saturated carbocycles. The molecule has 0 amide bonds. The molecule has 0 atom stereocenters. The Bertz CT molecular complexity index is 614. The summed E-state index contributed by atoms with van der Waals surface area (Å²) in [4.78, 5) is 2.38. The first-order chi connectivity index (χ1) is 13.2. The highest BCUT2D eigenvalue weighted by Gasteiger charge is 2.39. The molecule has 1 saturated heterocycles. The smallest absolute Gasteiger partial charge is 0.0888 e. The summed E-state index contributed by atoms with van der Waals surface area (Å²) in [5.74, 6) is 0.610. The maximum Gasteiger partial charge on any atom is 0.0888 e. The Hall–Kier alpha value is -0.950. The van der Waals surface area contributed by atoms with Crippen LogP contribution in [0.3, 0.4) is 0 Å². The molecule has 2 fully saturated rings. The summed E-state index contributed by atoms with van der Waals surface area (Å²) in [6, 6.07) is 0. The molecule has 1 spiro atoms. The van der Waals surface area contributed by atoms with E-state index >= 15 is 0 Å². The number of rotatable bonds is 6. The number of fused-ring (bicyclic) bond motifs is 1. The maximum atomic E-state index is 6.26. The highest BCUT2D eigenvalue weighted by molar-refractivity contribution is 5.32. The van der Waals surface area contributed by atoms with Crippen molar-refractivity contribution in [1.82, 2.24) is 20.0 Å². The van der Waals surface area contributed by atoms with Crippen molar-refractivity contribution in [2.24, 2.45) is 0 Å². The molecule has 0 unspecified atom stereocenters. The van der Waals surface area contributed by atoms with Crippen LogP contribution in [0, 0.1) is 0 Å². The van der Waals surface area contributed by atoms with Crippen LogP contribution in [0.2, 0.25) is 0 Å². The summed E-state index contributed by atoms with van der Waals surface area (Å²) in [6.45, 7) is 6.33. The monoisotopic (exact) mass is 376 g/mol. The largest absolute Gasteiger partial charge is 0.375 e. The van der Waals surface area contributed by atoms with Gasteiger partial charge in [-0.2, -0.15) is 5.10 Å². The molecule has 6 heteroatoms. The van der Waals surface area contributed by atoms with Gasteiger partial charge in [-0.25, -0.2) is 0 Å². The SMILES string of the molecule is CNCCN(C)Cc1nn2c(c1C1CCC3(CCCCO3)CC1)COCC2. The number of nitrogens with one attached hydrogen (secondary N) is 1. The van der Waals surface area contributed by atoms with Crippen molar-refractivity contribution in [1.29, 1.82) is 0 Å². The predicted octanol–water partition coefficient (Wildman–Crippen LogP) is 2.66. The normalized spacial score (nSPS) is 28.6. The molecule has 3 heterocycles. The van der Waals surface area contributed by atoms with Gasteiger partial charge < -0.3 is 14.8 Å². The first-order valence-electron chi connectivity index (χ1n) is 10.8. The van der Waals surface area contributed by atoms with E-state index in [2.05, 4.69) is 21.9 Å². The minimum Gasteiger partial charge on any atom is -0.375 e. The van der Waals surface area contributed by atoms with E-state index in [1.807, 2.05) is 7.05 Å². The third kappa shape index (κ3) is 4.24. The van der Waals surface area contributed by atoms with Gasteiger partial charge in [0.05, 0.1) is 36.7 Å². The zero-order chi connectivity index (χ0) is 18.7. The molecule has 3 aliphatic rings. The van der Waals surface area contributed by atoms with E-state index in [-0.39, 0.29) is 5.60 Å². The Labute approximate surface area is 163 Å². The van der Waals surface area contributed by atoms with Crippen LogP contribution in [0.25, 0.3) is 0 Å². The number of ether oxygens (including phenoxy) is 2. The van der Waals surface area contributed by atoms with Gasteiger partial charge in [-0.05, 0) is 65.0 Å². The van der Waals surface area contributed by atoms with Crippen LogP contribution in [0.4, 0.5) is 0 Å². The van der Waals surface area contributed by atoms with Gasteiger partial charge in [-0.15, -0.1) is 0 Å². The van der Waals surface area contributed by atoms with E-state index in [4.69, 9.17) is 14.6 Å². The molecule has 0 aromatic carbocycles. The maximum absolute atomic E-state index is 6.26. The number of likely N-dealkylation sites (N-methyl/N-ethyl adjacent to an activating group) is 2. The predicted molar refractivity (Wildman–Crippen MR) is 106 cm³/mol. The van der Waals surface area contributed by atoms with Crippen molar-refractivity contribution in [3.63, 3.8) is 0 Å². The van der Waals surface area contributed by atoms with Crippen LogP contribution in [0.5, 0.6) is 0 Å². The Balaban J connectivity index is 1.51. The number of hydrogen-bond acceptors (Lipinski definition) is 5. The minimum absolute atomic E-state index is 0.183. The fourth-order valence-corrected chi connectivity index (χ4v) is 5.19. The van der Waals surface area contributed by atoms with E-state index in [0.29, 0.717) is 5.92 Å². The van der Waals surface area contributed by atoms with Crippen molar-refractivity contribution in [2.75, 3.05) is 40.4 Å². The molecular formula is C21H36N4O2. The third-order valence-corrected chi connectivity index (χ3v) is 6.76. The topological polar surface area (TPSA) is 51.6 Å². The summed E-state index contributed by atoms with van der Waals surface area (Å²) >= 11 is 0. The minimum atomic E-state index is 0.183. The number of nitrogens with zero attached hydrogens (tertiary/aromatic N) is 3. The van der Waals surface area contributed by atoms with E-state index in [0.717, 1.165) is 46.0 Å². The van der Waals surface area contributed by atoms with Gasteiger partial charge >= 0.3 is 0 Å². The quantitative estimate of drug-likeness (QED) is 0.827. The van der Waals surface area contributed by atoms with Gasteiger partial charge in [0.15, 0.2) is 0 Å². The molecule has 1 N–H and O–H groups in total. The van der Waals surface area contributed by atoms with Gasteiger partial charge in [0, 0.05) is 31.8 Å². The molecule has 27 heavy (non-hydrogen) atoms. The Morgan fingerprint density at radius 3 is 2.81 bits per heavy atom. The fraction of sp³-hybridized carbons (Fsp3) is 0.857. The van der Waals surface area contributed by atoms with Crippen molar-refractivity contribution < 1.29 is 9.47 Å². The lowest BCUT2D eigenvalue weighted by molar-refractivity contribution is -0.102. The van der Waals surface area contributed by atoms with Crippen molar-refractivity contribution in [3.8, 4) is 0 Å². The highest BCUT2D eigenvalue weighted by atomic mass is 16.5. The Morgan fingerprint density at radius 2 is 2.07 bits per heavy atom. The van der Waals surface area contributed by atoms with Gasteiger partial charge in [-0.1, -0.05) is 0 Å². The van der Waals surface area contributed by atoms with Gasteiger partial charge in [0.25, 0.3) is 0 Å². The van der Waals surface area contributed by atoms with Crippen LogP contribution in [0.1, 0.15) is 67.8 Å². The molecule has 152 valence electrons. The molecule has 2 aliphatic heterocycles. The van der Waals surface area contributed by atoms with Crippen molar-refractivity contribution in [3.05, 3.63) is 17.0 Å². The van der Waals surface area contributed by atoms with E-state index in [9.17, 15) is 0 Å². The molecule has 4 rings (SSSR count). The van der Waals surface area contributed by atoms with Gasteiger partial charge in [0.2, 0.25) is 0 Å². The second-order valence-electron chi connectivity index (χ2n) is 8.69. The second-order valence-corrected chi connectivity index (χ2v) is 8.69. The van der Waals surface area contributed by atoms with E-state index in [1.54, 1.807) is 0 Å². The standard InChI is InChI=1S/C21H36N4O2/c1-22-10-11-24(2)15-18-20(19-16-26-14-12-25(19)23-18)17-5-8-21(9-6-17)7-3-4-13-27-21/h17,22H,3-16H2,1-2H3. The first kappa shape index (κ1) is 19.4. The average Bonchev–Trinajstić information content (AvgIpc) is 3.05. The lowest BCUT2D eigenvalue weighted by Gasteiger charge is -2.43. The summed E-state index contributed by atoms with van der Waals surface area (Å²) in [7, 11) is 4.21. The lowest BCUT2D eigenvalue weighted by atomic mass is 9.72. The summed E-state index contributed by atoms with van der Waals surface area (Å²) < 4.78 is 14.3. The van der Waals surface area contributed by atoms with Crippen LogP contribution in [-0.4, -0.2) is 60.7 Å². The highest BCUT2D eigenvalue weighted by Crippen LogP contribution is 2.45.